The summed E-state index contributed by atoms with van der Waals surface area (Å²) in [5.74, 6) is -1.90. The van der Waals surface area contributed by atoms with Crippen LogP contribution in [0.15, 0.2) is 0 Å². The van der Waals surface area contributed by atoms with Crippen molar-refractivity contribution in [3.63, 3.8) is 0 Å². The molecule has 0 heterocycles. The van der Waals surface area contributed by atoms with Crippen LogP contribution in [0.4, 0.5) is 13.2 Å². The summed E-state index contributed by atoms with van der Waals surface area (Å²) < 4.78 is 36.4. The normalized spacial score (nSPS) is 31.8. The fraction of sp³-hybridized carbons (Fsp3) is 0.900. The van der Waals surface area contributed by atoms with Crippen LogP contribution in [0.2, 0.25) is 0 Å². The highest BCUT2D eigenvalue weighted by atomic mass is 19.4. The fourth-order valence-corrected chi connectivity index (χ4v) is 2.77. The highest BCUT2D eigenvalue weighted by Gasteiger charge is 2.61. The van der Waals surface area contributed by atoms with Crippen molar-refractivity contribution >= 4 is 5.91 Å². The van der Waals surface area contributed by atoms with Gasteiger partial charge in [0.05, 0.1) is 0 Å². The lowest BCUT2D eigenvalue weighted by atomic mass is 9.48. The van der Waals surface area contributed by atoms with Crippen LogP contribution >= 0.6 is 0 Å². The molecular formula is C10H17F3N2O. The van der Waals surface area contributed by atoms with Gasteiger partial charge in [-0.3, -0.25) is 4.79 Å². The Morgan fingerprint density at radius 3 is 1.88 bits per heavy atom. The summed E-state index contributed by atoms with van der Waals surface area (Å²) in [7, 11) is 0. The third kappa shape index (κ3) is 1.79. The molecule has 1 amide bonds. The van der Waals surface area contributed by atoms with Gasteiger partial charge in [-0.25, -0.2) is 0 Å². The number of nitrogens with one attached hydrogen (secondary N) is 1. The first-order valence-electron chi connectivity index (χ1n) is 5.05. The number of hydrogen-bond acceptors (Lipinski definition) is 2. The number of nitrogens with two attached hydrogens (primary N) is 1. The molecule has 1 fully saturated rings. The van der Waals surface area contributed by atoms with Gasteiger partial charge in [0.15, 0.2) is 0 Å². The number of amides is 1. The Morgan fingerprint density at radius 2 is 1.56 bits per heavy atom. The fourth-order valence-electron chi connectivity index (χ4n) is 2.77. The molecule has 0 aliphatic heterocycles. The van der Waals surface area contributed by atoms with E-state index < -0.39 is 29.0 Å². The van der Waals surface area contributed by atoms with Crippen molar-refractivity contribution in [3.8, 4) is 0 Å². The van der Waals surface area contributed by atoms with Gasteiger partial charge in [0, 0.05) is 22.9 Å². The first-order chi connectivity index (χ1) is 6.91. The van der Waals surface area contributed by atoms with E-state index in [1.807, 2.05) is 5.32 Å². The molecule has 3 N–H and O–H groups in total. The molecule has 6 heteroatoms. The average Bonchev–Trinajstić information content (AvgIpc) is 2.10. The summed E-state index contributed by atoms with van der Waals surface area (Å²) in [6.07, 6.45) is -4.84. The third-order valence-corrected chi connectivity index (χ3v) is 3.62. The topological polar surface area (TPSA) is 55.1 Å². The second-order valence-corrected chi connectivity index (χ2v) is 5.52. The van der Waals surface area contributed by atoms with Gasteiger partial charge in [-0.1, -0.05) is 27.7 Å². The molecule has 1 saturated carbocycles. The molecule has 0 aromatic carbocycles. The predicted octanol–water partition coefficient (Wildman–Crippen LogP) is 1.43. The Morgan fingerprint density at radius 1 is 1.19 bits per heavy atom. The van der Waals surface area contributed by atoms with E-state index in [9.17, 15) is 18.0 Å². The van der Waals surface area contributed by atoms with E-state index in [-0.39, 0.29) is 6.04 Å². The van der Waals surface area contributed by atoms with Gasteiger partial charge in [0.1, 0.15) is 0 Å². The van der Waals surface area contributed by atoms with Crippen molar-refractivity contribution in [2.24, 2.45) is 16.6 Å². The third-order valence-electron chi connectivity index (χ3n) is 3.62. The molecular weight excluding hydrogens is 221 g/mol. The van der Waals surface area contributed by atoms with Crippen molar-refractivity contribution in [1.29, 1.82) is 0 Å². The van der Waals surface area contributed by atoms with E-state index in [0.717, 1.165) is 0 Å². The number of rotatable bonds is 1. The molecule has 1 aliphatic rings. The van der Waals surface area contributed by atoms with E-state index in [1.54, 1.807) is 27.7 Å². The second-order valence-electron chi connectivity index (χ2n) is 5.52. The SMILES string of the molecule is CC1(C)C(N)C(C)(C)C1NC(=O)C(F)(F)F. The Balaban J connectivity index is 2.80. The zero-order chi connectivity index (χ0) is 12.9. The molecule has 1 rings (SSSR count). The van der Waals surface area contributed by atoms with Crippen LogP contribution in [0.1, 0.15) is 27.7 Å². The molecule has 0 spiro atoms. The number of carbonyl (C=O) groups is 1. The van der Waals surface area contributed by atoms with Crippen molar-refractivity contribution in [2.45, 2.75) is 46.0 Å². The molecule has 0 bridgehead atoms. The Labute approximate surface area is 92.6 Å². The molecule has 0 saturated heterocycles. The molecule has 94 valence electrons. The molecule has 1 aliphatic carbocycles. The highest BCUT2D eigenvalue weighted by molar-refractivity contribution is 5.82. The standard InChI is InChI=1S/C10H17F3N2O/c1-8(2)5(14)9(3,4)6(8)15-7(16)10(11,12)13/h5-6H,14H2,1-4H3,(H,15,16). The maximum absolute atomic E-state index is 12.1. The molecule has 16 heavy (non-hydrogen) atoms. The van der Waals surface area contributed by atoms with Gasteiger partial charge in [-0.2, -0.15) is 13.2 Å². The lowest BCUT2D eigenvalue weighted by molar-refractivity contribution is -0.181. The summed E-state index contributed by atoms with van der Waals surface area (Å²) in [6.45, 7) is 7.02. The average molecular weight is 238 g/mol. The van der Waals surface area contributed by atoms with Crippen LogP contribution < -0.4 is 11.1 Å². The first kappa shape index (κ1) is 13.3. The Bertz CT molecular complexity index is 294. The quantitative estimate of drug-likeness (QED) is 0.726. The van der Waals surface area contributed by atoms with Gasteiger partial charge in [0.2, 0.25) is 0 Å². The Hall–Kier alpha value is -0.780. The van der Waals surface area contributed by atoms with E-state index >= 15 is 0 Å². The minimum Gasteiger partial charge on any atom is -0.344 e. The van der Waals surface area contributed by atoms with Crippen molar-refractivity contribution < 1.29 is 18.0 Å². The van der Waals surface area contributed by atoms with Crippen LogP contribution in [-0.2, 0) is 4.79 Å². The van der Waals surface area contributed by atoms with Crippen molar-refractivity contribution in [1.82, 2.24) is 5.32 Å². The minimum absolute atomic E-state index is 0.237. The first-order valence-corrected chi connectivity index (χ1v) is 5.05. The second kappa shape index (κ2) is 3.35. The predicted molar refractivity (Wildman–Crippen MR) is 53.5 cm³/mol. The summed E-state index contributed by atoms with van der Waals surface area (Å²) in [6, 6.07) is -0.803. The molecule has 0 aromatic heterocycles. The van der Waals surface area contributed by atoms with Gasteiger partial charge >= 0.3 is 12.1 Å². The molecule has 0 radical (unpaired) electrons. The van der Waals surface area contributed by atoms with Crippen LogP contribution in [0, 0.1) is 10.8 Å². The lowest BCUT2D eigenvalue weighted by Crippen LogP contribution is -2.76. The van der Waals surface area contributed by atoms with E-state index in [2.05, 4.69) is 0 Å². The van der Waals surface area contributed by atoms with Crippen LogP contribution in [0.25, 0.3) is 0 Å². The molecule has 3 nitrogen and oxygen atoms in total. The smallest absolute Gasteiger partial charge is 0.344 e. The van der Waals surface area contributed by atoms with Gasteiger partial charge in [-0.05, 0) is 0 Å². The molecule has 0 unspecified atom stereocenters. The van der Waals surface area contributed by atoms with Crippen molar-refractivity contribution in [2.75, 3.05) is 0 Å². The monoisotopic (exact) mass is 238 g/mol. The van der Waals surface area contributed by atoms with E-state index in [1.165, 1.54) is 0 Å². The highest BCUT2D eigenvalue weighted by Crippen LogP contribution is 2.52. The summed E-state index contributed by atoms with van der Waals surface area (Å²) in [5.41, 5.74) is 4.83. The summed E-state index contributed by atoms with van der Waals surface area (Å²) in [4.78, 5) is 10.9. The minimum atomic E-state index is -4.84. The number of halogens is 3. The van der Waals surface area contributed by atoms with Gasteiger partial charge in [-0.15, -0.1) is 0 Å². The summed E-state index contributed by atoms with van der Waals surface area (Å²) >= 11 is 0. The zero-order valence-corrected chi connectivity index (χ0v) is 9.77. The van der Waals surface area contributed by atoms with E-state index in [4.69, 9.17) is 5.73 Å². The molecule has 0 aromatic rings. The van der Waals surface area contributed by atoms with Gasteiger partial charge in [0.25, 0.3) is 0 Å². The largest absolute Gasteiger partial charge is 0.471 e. The zero-order valence-electron chi connectivity index (χ0n) is 9.77. The van der Waals surface area contributed by atoms with Crippen LogP contribution in [0.5, 0.6) is 0 Å². The number of hydrogen-bond donors (Lipinski definition) is 2. The maximum Gasteiger partial charge on any atom is 0.471 e. The van der Waals surface area contributed by atoms with Crippen LogP contribution in [0.3, 0.4) is 0 Å². The number of alkyl halides is 3. The maximum atomic E-state index is 12.1. The van der Waals surface area contributed by atoms with Gasteiger partial charge < -0.3 is 11.1 Å². The lowest BCUT2D eigenvalue weighted by Gasteiger charge is -2.62. The van der Waals surface area contributed by atoms with Crippen molar-refractivity contribution in [3.05, 3.63) is 0 Å². The molecule has 0 atom stereocenters. The Kier molecular flexibility index (Phi) is 2.79. The van der Waals surface area contributed by atoms with E-state index in [0.29, 0.717) is 0 Å². The van der Waals surface area contributed by atoms with Crippen LogP contribution in [-0.4, -0.2) is 24.2 Å². The summed E-state index contributed by atoms with van der Waals surface area (Å²) in [5, 5.41) is 2.02. The number of carbonyl (C=O) groups excluding carboxylic acids is 1.